The molecule has 2 heterocycles. The normalized spacial score (nSPS) is 14.8. The fourth-order valence-corrected chi connectivity index (χ4v) is 2.85. The molecule has 0 atom stereocenters. The first-order chi connectivity index (χ1) is 10.3. The van der Waals surface area contributed by atoms with Crippen molar-refractivity contribution in [3.05, 3.63) is 47.8 Å². The van der Waals surface area contributed by atoms with Gasteiger partial charge in [0.15, 0.2) is 0 Å². The highest BCUT2D eigenvalue weighted by molar-refractivity contribution is 5.48. The highest BCUT2D eigenvalue weighted by Gasteiger charge is 2.11. The van der Waals surface area contributed by atoms with Crippen LogP contribution in [0.15, 0.2) is 36.5 Å². The van der Waals surface area contributed by atoms with Crippen LogP contribution < -0.4 is 10.2 Å². The van der Waals surface area contributed by atoms with Gasteiger partial charge in [0.2, 0.25) is 0 Å². The lowest BCUT2D eigenvalue weighted by molar-refractivity contribution is 0.665. The number of hydrogen-bond acceptors (Lipinski definition) is 3. The summed E-state index contributed by atoms with van der Waals surface area (Å²) in [6.07, 6.45) is 5.63. The molecular weight excluding hydrogens is 260 g/mol. The van der Waals surface area contributed by atoms with Gasteiger partial charge < -0.3 is 10.2 Å². The number of benzene rings is 1. The summed E-state index contributed by atoms with van der Waals surface area (Å²) in [6.45, 7) is 4.31. The Labute approximate surface area is 126 Å². The van der Waals surface area contributed by atoms with Gasteiger partial charge in [-0.15, -0.1) is 0 Å². The van der Waals surface area contributed by atoms with Gasteiger partial charge in [-0.3, -0.25) is 4.68 Å². The quantitative estimate of drug-likeness (QED) is 0.827. The zero-order valence-electron chi connectivity index (χ0n) is 12.8. The topological polar surface area (TPSA) is 33.1 Å². The van der Waals surface area contributed by atoms with Gasteiger partial charge in [0.1, 0.15) is 0 Å². The molecule has 112 valence electrons. The standard InChI is InChI=1S/C17H24N4/c1-20-13-9-16(19-20)8-10-18-14-15-4-6-17(7-5-15)21-11-2-3-12-21/h4-7,9,13,18H,2-3,8,10-12,14H2,1H3. The second-order valence-electron chi connectivity index (χ2n) is 5.77. The fourth-order valence-electron chi connectivity index (χ4n) is 2.85. The molecule has 0 radical (unpaired) electrons. The van der Waals surface area contributed by atoms with E-state index in [1.807, 2.05) is 17.9 Å². The van der Waals surface area contributed by atoms with Crippen molar-refractivity contribution in [3.8, 4) is 0 Å². The van der Waals surface area contributed by atoms with Crippen LogP contribution in [-0.2, 0) is 20.0 Å². The number of aryl methyl sites for hydroxylation is 1. The molecule has 0 aliphatic carbocycles. The van der Waals surface area contributed by atoms with E-state index in [2.05, 4.69) is 45.6 Å². The van der Waals surface area contributed by atoms with Crippen LogP contribution >= 0.6 is 0 Å². The Hall–Kier alpha value is -1.81. The van der Waals surface area contributed by atoms with E-state index in [4.69, 9.17) is 0 Å². The molecule has 0 bridgehead atoms. The molecule has 1 aromatic heterocycles. The van der Waals surface area contributed by atoms with E-state index < -0.39 is 0 Å². The SMILES string of the molecule is Cn1ccc(CCNCc2ccc(N3CCCC3)cc2)n1. The van der Waals surface area contributed by atoms with Crippen LogP contribution in [0.25, 0.3) is 0 Å². The lowest BCUT2D eigenvalue weighted by atomic mass is 10.2. The Morgan fingerprint density at radius 1 is 1.10 bits per heavy atom. The van der Waals surface area contributed by atoms with Crippen molar-refractivity contribution >= 4 is 5.69 Å². The third-order valence-corrected chi connectivity index (χ3v) is 4.06. The number of anilines is 1. The molecule has 1 fully saturated rings. The molecule has 0 unspecified atom stereocenters. The van der Waals surface area contributed by atoms with Crippen molar-refractivity contribution < 1.29 is 0 Å². The molecule has 1 saturated heterocycles. The van der Waals surface area contributed by atoms with Gasteiger partial charge in [0, 0.05) is 51.5 Å². The molecule has 0 spiro atoms. The van der Waals surface area contributed by atoms with Gasteiger partial charge in [-0.25, -0.2) is 0 Å². The van der Waals surface area contributed by atoms with Crippen molar-refractivity contribution in [2.75, 3.05) is 24.5 Å². The van der Waals surface area contributed by atoms with Crippen LogP contribution in [0.1, 0.15) is 24.1 Å². The van der Waals surface area contributed by atoms with Crippen molar-refractivity contribution in [2.24, 2.45) is 7.05 Å². The van der Waals surface area contributed by atoms with Crippen LogP contribution in [0.3, 0.4) is 0 Å². The average molecular weight is 284 g/mol. The lowest BCUT2D eigenvalue weighted by Crippen LogP contribution is -2.18. The molecule has 1 aromatic carbocycles. The fraction of sp³-hybridized carbons (Fsp3) is 0.471. The molecule has 0 amide bonds. The first-order valence-corrected chi connectivity index (χ1v) is 7.84. The van der Waals surface area contributed by atoms with E-state index in [9.17, 15) is 0 Å². The molecule has 0 saturated carbocycles. The average Bonchev–Trinajstić information content (AvgIpc) is 3.16. The van der Waals surface area contributed by atoms with Gasteiger partial charge in [0.05, 0.1) is 5.69 Å². The van der Waals surface area contributed by atoms with Gasteiger partial charge >= 0.3 is 0 Å². The Balaban J connectivity index is 1.42. The number of hydrogen-bond donors (Lipinski definition) is 1. The minimum Gasteiger partial charge on any atom is -0.372 e. The molecular formula is C17H24N4. The molecule has 1 N–H and O–H groups in total. The van der Waals surface area contributed by atoms with E-state index >= 15 is 0 Å². The van der Waals surface area contributed by atoms with Gasteiger partial charge in [-0.1, -0.05) is 12.1 Å². The van der Waals surface area contributed by atoms with Crippen molar-refractivity contribution in [1.82, 2.24) is 15.1 Å². The second-order valence-corrected chi connectivity index (χ2v) is 5.77. The number of nitrogens with zero attached hydrogens (tertiary/aromatic N) is 3. The first kappa shape index (κ1) is 14.1. The predicted octanol–water partition coefficient (Wildman–Crippen LogP) is 2.35. The van der Waals surface area contributed by atoms with Crippen LogP contribution in [0, 0.1) is 0 Å². The lowest BCUT2D eigenvalue weighted by Gasteiger charge is -2.17. The summed E-state index contributed by atoms with van der Waals surface area (Å²) in [5.41, 5.74) is 3.86. The van der Waals surface area contributed by atoms with Crippen molar-refractivity contribution in [3.63, 3.8) is 0 Å². The molecule has 4 nitrogen and oxygen atoms in total. The first-order valence-electron chi connectivity index (χ1n) is 7.84. The monoisotopic (exact) mass is 284 g/mol. The van der Waals surface area contributed by atoms with Gasteiger partial charge in [-0.2, -0.15) is 5.10 Å². The van der Waals surface area contributed by atoms with Crippen LogP contribution in [-0.4, -0.2) is 29.4 Å². The highest BCUT2D eigenvalue weighted by atomic mass is 15.2. The third kappa shape index (κ3) is 3.85. The Morgan fingerprint density at radius 3 is 2.52 bits per heavy atom. The van der Waals surface area contributed by atoms with E-state index in [0.29, 0.717) is 0 Å². The van der Waals surface area contributed by atoms with Crippen molar-refractivity contribution in [2.45, 2.75) is 25.8 Å². The van der Waals surface area contributed by atoms with Crippen LogP contribution in [0.2, 0.25) is 0 Å². The van der Waals surface area contributed by atoms with Gasteiger partial charge in [-0.05, 0) is 36.6 Å². The summed E-state index contributed by atoms with van der Waals surface area (Å²) in [5.74, 6) is 0. The molecule has 3 rings (SSSR count). The minimum absolute atomic E-state index is 0.924. The second kappa shape index (κ2) is 6.76. The summed E-state index contributed by atoms with van der Waals surface area (Å²) in [4.78, 5) is 2.47. The van der Waals surface area contributed by atoms with E-state index in [1.54, 1.807) is 0 Å². The molecule has 4 heteroatoms. The Kier molecular flexibility index (Phi) is 4.55. The summed E-state index contributed by atoms with van der Waals surface area (Å²) in [5, 5.41) is 7.87. The molecule has 21 heavy (non-hydrogen) atoms. The zero-order chi connectivity index (χ0) is 14.5. The Bertz CT molecular complexity index is 552. The number of rotatable bonds is 6. The maximum absolute atomic E-state index is 4.38. The van der Waals surface area contributed by atoms with E-state index in [1.165, 1.54) is 37.2 Å². The van der Waals surface area contributed by atoms with Gasteiger partial charge in [0.25, 0.3) is 0 Å². The largest absolute Gasteiger partial charge is 0.372 e. The molecule has 2 aromatic rings. The maximum Gasteiger partial charge on any atom is 0.0637 e. The number of aromatic nitrogens is 2. The zero-order valence-corrected chi connectivity index (χ0v) is 12.8. The molecule has 1 aliphatic heterocycles. The summed E-state index contributed by atoms with van der Waals surface area (Å²) >= 11 is 0. The third-order valence-electron chi connectivity index (χ3n) is 4.06. The summed E-state index contributed by atoms with van der Waals surface area (Å²) in [6, 6.07) is 11.1. The van der Waals surface area contributed by atoms with Crippen LogP contribution in [0.4, 0.5) is 5.69 Å². The Morgan fingerprint density at radius 2 is 1.86 bits per heavy atom. The molecule has 1 aliphatic rings. The van der Waals surface area contributed by atoms with E-state index in [0.717, 1.165) is 25.2 Å². The smallest absolute Gasteiger partial charge is 0.0637 e. The van der Waals surface area contributed by atoms with Crippen molar-refractivity contribution in [1.29, 1.82) is 0 Å². The van der Waals surface area contributed by atoms with E-state index in [-0.39, 0.29) is 0 Å². The number of nitrogens with one attached hydrogen (secondary N) is 1. The maximum atomic E-state index is 4.38. The summed E-state index contributed by atoms with van der Waals surface area (Å²) < 4.78 is 1.85. The predicted molar refractivity (Wildman–Crippen MR) is 86.5 cm³/mol. The summed E-state index contributed by atoms with van der Waals surface area (Å²) in [7, 11) is 1.96. The minimum atomic E-state index is 0.924. The highest BCUT2D eigenvalue weighted by Crippen LogP contribution is 2.20. The van der Waals surface area contributed by atoms with Crippen LogP contribution in [0.5, 0.6) is 0 Å².